The lowest BCUT2D eigenvalue weighted by Gasteiger charge is -2.38. The molecule has 2 saturated heterocycles. The van der Waals surface area contributed by atoms with Gasteiger partial charge in [-0.2, -0.15) is 5.10 Å². The number of hydrogen-bond donors (Lipinski definition) is 0. The molecule has 0 unspecified atom stereocenters. The van der Waals surface area contributed by atoms with Crippen LogP contribution in [0.5, 0.6) is 0 Å². The Bertz CT molecular complexity index is 1220. The summed E-state index contributed by atoms with van der Waals surface area (Å²) in [4.78, 5) is 20.1. The van der Waals surface area contributed by atoms with Gasteiger partial charge in [-0.05, 0) is 68.8 Å². The van der Waals surface area contributed by atoms with Crippen molar-refractivity contribution in [2.24, 2.45) is 5.92 Å². The van der Waals surface area contributed by atoms with E-state index in [1.54, 1.807) is 0 Å². The zero-order chi connectivity index (χ0) is 25.4. The van der Waals surface area contributed by atoms with Crippen LogP contribution in [0.3, 0.4) is 0 Å². The summed E-state index contributed by atoms with van der Waals surface area (Å²) < 4.78 is 2.01. The molecule has 4 heterocycles. The molecule has 0 radical (unpaired) electrons. The van der Waals surface area contributed by atoms with Gasteiger partial charge in [0.05, 0.1) is 11.2 Å². The van der Waals surface area contributed by atoms with Crippen molar-refractivity contribution in [2.45, 2.75) is 64.3 Å². The maximum Gasteiger partial charge on any atom is 0.225 e. The topological polar surface area (TPSA) is 44.1 Å². The third-order valence-corrected chi connectivity index (χ3v) is 9.04. The number of carbonyl (C=O) groups excluding carboxylic acids is 1. The summed E-state index contributed by atoms with van der Waals surface area (Å²) in [6.45, 7) is 10.3. The Balaban J connectivity index is 1.15. The summed E-state index contributed by atoms with van der Waals surface area (Å²) in [7, 11) is 0. The highest BCUT2D eigenvalue weighted by molar-refractivity contribution is 5.81. The van der Waals surface area contributed by atoms with Crippen LogP contribution in [0.4, 0.5) is 5.69 Å². The standard InChI is InChI=1S/C31H41N5O/c1-23(2)35-15-13-27(21-35)24-8-10-25(11-9-24)28-20-30-29(12-14-32-36(30)22-28)33-16-18-34(19-17-33)31(37)26-6-4-3-5-7-26/h8-12,14,20,22-23,26-27H,3-7,13,15-19,21H2,1-2H3/t27-/m1/s1. The van der Waals surface area contributed by atoms with E-state index >= 15 is 0 Å². The molecule has 37 heavy (non-hydrogen) atoms. The number of anilines is 1. The fourth-order valence-corrected chi connectivity index (χ4v) is 6.68. The van der Waals surface area contributed by atoms with Gasteiger partial charge in [-0.25, -0.2) is 4.52 Å². The Morgan fingerprint density at radius 3 is 2.35 bits per heavy atom. The first-order valence-corrected chi connectivity index (χ1v) is 14.4. The van der Waals surface area contributed by atoms with E-state index < -0.39 is 0 Å². The third kappa shape index (κ3) is 5.00. The van der Waals surface area contributed by atoms with Crippen molar-refractivity contribution < 1.29 is 4.79 Å². The molecule has 1 aromatic carbocycles. The zero-order valence-electron chi connectivity index (χ0n) is 22.5. The van der Waals surface area contributed by atoms with E-state index in [-0.39, 0.29) is 5.92 Å². The average Bonchev–Trinajstić information content (AvgIpc) is 3.61. The lowest BCUT2D eigenvalue weighted by atomic mass is 9.88. The Kier molecular flexibility index (Phi) is 6.94. The van der Waals surface area contributed by atoms with E-state index in [2.05, 4.69) is 76.2 Å². The van der Waals surface area contributed by atoms with Crippen LogP contribution < -0.4 is 4.90 Å². The van der Waals surface area contributed by atoms with Crippen molar-refractivity contribution in [3.8, 4) is 11.1 Å². The minimum absolute atomic E-state index is 0.260. The number of aromatic nitrogens is 2. The molecule has 6 rings (SSSR count). The first-order chi connectivity index (χ1) is 18.1. The smallest absolute Gasteiger partial charge is 0.225 e. The van der Waals surface area contributed by atoms with Crippen LogP contribution in [0.2, 0.25) is 0 Å². The molecule has 1 atom stereocenters. The molecular formula is C31H41N5O. The second-order valence-electron chi connectivity index (χ2n) is 11.6. The van der Waals surface area contributed by atoms with E-state index in [1.165, 1.54) is 61.2 Å². The molecule has 3 aliphatic rings. The minimum atomic E-state index is 0.260. The van der Waals surface area contributed by atoms with Gasteiger partial charge in [0.2, 0.25) is 5.91 Å². The van der Waals surface area contributed by atoms with Gasteiger partial charge in [-0.1, -0.05) is 43.5 Å². The number of benzene rings is 1. The van der Waals surface area contributed by atoms with Crippen LogP contribution in [-0.4, -0.2) is 70.6 Å². The number of piperazine rings is 1. The van der Waals surface area contributed by atoms with Gasteiger partial charge in [0.25, 0.3) is 0 Å². The number of likely N-dealkylation sites (tertiary alicyclic amines) is 1. The highest BCUT2D eigenvalue weighted by Crippen LogP contribution is 2.33. The van der Waals surface area contributed by atoms with Crippen molar-refractivity contribution in [3.05, 3.63) is 54.4 Å². The lowest BCUT2D eigenvalue weighted by Crippen LogP contribution is -2.50. The van der Waals surface area contributed by atoms with Gasteiger partial charge in [0.1, 0.15) is 0 Å². The lowest BCUT2D eigenvalue weighted by molar-refractivity contribution is -0.136. The largest absolute Gasteiger partial charge is 0.366 e. The maximum absolute atomic E-state index is 13.0. The molecule has 3 aromatic rings. The van der Waals surface area contributed by atoms with E-state index in [9.17, 15) is 4.79 Å². The number of amides is 1. The summed E-state index contributed by atoms with van der Waals surface area (Å²) in [6, 6.07) is 14.2. The van der Waals surface area contributed by atoms with Crippen LogP contribution in [0, 0.1) is 5.92 Å². The van der Waals surface area contributed by atoms with E-state index in [4.69, 9.17) is 0 Å². The number of carbonyl (C=O) groups is 1. The minimum Gasteiger partial charge on any atom is -0.366 e. The van der Waals surface area contributed by atoms with Gasteiger partial charge in [-0.15, -0.1) is 0 Å². The molecule has 196 valence electrons. The second-order valence-corrected chi connectivity index (χ2v) is 11.6. The van der Waals surface area contributed by atoms with Gasteiger partial charge in [0, 0.05) is 62.6 Å². The van der Waals surface area contributed by atoms with Crippen molar-refractivity contribution in [1.82, 2.24) is 19.4 Å². The fraction of sp³-hybridized carbons (Fsp3) is 0.548. The molecule has 3 fully saturated rings. The van der Waals surface area contributed by atoms with Gasteiger partial charge < -0.3 is 14.7 Å². The highest BCUT2D eigenvalue weighted by atomic mass is 16.2. The Morgan fingerprint density at radius 2 is 1.65 bits per heavy atom. The highest BCUT2D eigenvalue weighted by Gasteiger charge is 2.29. The van der Waals surface area contributed by atoms with Gasteiger partial charge in [-0.3, -0.25) is 4.79 Å². The monoisotopic (exact) mass is 499 g/mol. The molecular weight excluding hydrogens is 458 g/mol. The summed E-state index contributed by atoms with van der Waals surface area (Å²) in [5, 5.41) is 4.61. The fourth-order valence-electron chi connectivity index (χ4n) is 6.68. The Hall–Kier alpha value is -2.86. The Labute approximate surface area is 221 Å². The van der Waals surface area contributed by atoms with Gasteiger partial charge in [0.15, 0.2) is 0 Å². The van der Waals surface area contributed by atoms with Crippen LogP contribution in [0.15, 0.2) is 48.8 Å². The summed E-state index contributed by atoms with van der Waals surface area (Å²) in [5.74, 6) is 1.29. The molecule has 1 amide bonds. The maximum atomic E-state index is 13.0. The van der Waals surface area contributed by atoms with Crippen LogP contribution in [0.25, 0.3) is 16.6 Å². The first kappa shape index (κ1) is 24.5. The Morgan fingerprint density at radius 1 is 0.892 bits per heavy atom. The normalized spacial score (nSPS) is 21.9. The van der Waals surface area contributed by atoms with Crippen molar-refractivity contribution in [1.29, 1.82) is 0 Å². The summed E-state index contributed by atoms with van der Waals surface area (Å²) >= 11 is 0. The van der Waals surface area contributed by atoms with Crippen LogP contribution >= 0.6 is 0 Å². The SMILES string of the molecule is CC(C)N1CC[C@@H](c2ccc(-c3cc4c(N5CCN(C(=O)C6CCCCC6)CC5)ccnn4c3)cc2)C1. The quantitative estimate of drug-likeness (QED) is 0.470. The summed E-state index contributed by atoms with van der Waals surface area (Å²) in [6.07, 6.45) is 11.2. The average molecular weight is 500 g/mol. The second kappa shape index (κ2) is 10.5. The van der Waals surface area contributed by atoms with Crippen LogP contribution in [-0.2, 0) is 4.79 Å². The van der Waals surface area contributed by atoms with Crippen molar-refractivity contribution in [2.75, 3.05) is 44.2 Å². The van der Waals surface area contributed by atoms with E-state index in [0.29, 0.717) is 17.9 Å². The predicted octanol–water partition coefficient (Wildman–Crippen LogP) is 5.43. The van der Waals surface area contributed by atoms with Gasteiger partial charge >= 0.3 is 0 Å². The zero-order valence-corrected chi connectivity index (χ0v) is 22.5. The third-order valence-electron chi connectivity index (χ3n) is 9.04. The number of hydrogen-bond acceptors (Lipinski definition) is 4. The molecule has 0 N–H and O–H groups in total. The molecule has 1 saturated carbocycles. The van der Waals surface area contributed by atoms with Crippen molar-refractivity contribution in [3.63, 3.8) is 0 Å². The number of fused-ring (bicyclic) bond motifs is 1. The molecule has 2 aromatic heterocycles. The molecule has 1 aliphatic carbocycles. The molecule has 6 nitrogen and oxygen atoms in total. The predicted molar refractivity (Wildman–Crippen MR) is 150 cm³/mol. The molecule has 0 spiro atoms. The van der Waals surface area contributed by atoms with Crippen molar-refractivity contribution >= 4 is 17.1 Å². The van der Waals surface area contributed by atoms with E-state index in [1.807, 2.05) is 10.7 Å². The molecule has 2 aliphatic heterocycles. The first-order valence-electron chi connectivity index (χ1n) is 14.4. The number of rotatable bonds is 5. The van der Waals surface area contributed by atoms with E-state index in [0.717, 1.165) is 44.5 Å². The number of nitrogens with zero attached hydrogens (tertiary/aromatic N) is 5. The molecule has 0 bridgehead atoms. The summed E-state index contributed by atoms with van der Waals surface area (Å²) in [5.41, 5.74) is 6.24. The molecule has 6 heteroatoms. The van der Waals surface area contributed by atoms with Crippen LogP contribution in [0.1, 0.15) is 63.9 Å².